The van der Waals surface area contributed by atoms with Crippen LogP contribution in [0.5, 0.6) is 11.6 Å². The van der Waals surface area contributed by atoms with Gasteiger partial charge < -0.3 is 14.8 Å². The van der Waals surface area contributed by atoms with Crippen LogP contribution in [0.3, 0.4) is 0 Å². The Balaban J connectivity index is 2.67. The number of ether oxygens (including phenoxy) is 1. The summed E-state index contributed by atoms with van der Waals surface area (Å²) >= 11 is 0. The summed E-state index contributed by atoms with van der Waals surface area (Å²) in [5, 5.41) is 10.1. The summed E-state index contributed by atoms with van der Waals surface area (Å²) in [5.74, 6) is 0.972. The molecule has 0 fully saturated rings. The zero-order valence-corrected chi connectivity index (χ0v) is 6.66. The Morgan fingerprint density at radius 3 is 2.92 bits per heavy atom. The van der Waals surface area contributed by atoms with E-state index in [1.54, 1.807) is 19.2 Å². The smallest absolute Gasteiger partial charge is 0.191 e. The average molecular weight is 163 g/mol. The molecule has 0 spiro atoms. The minimum atomic E-state index is 0.268. The van der Waals surface area contributed by atoms with Crippen molar-refractivity contribution in [2.24, 2.45) is 0 Å². The summed E-state index contributed by atoms with van der Waals surface area (Å²) in [7, 11) is 1.60. The van der Waals surface area contributed by atoms with Gasteiger partial charge in [0, 0.05) is 17.0 Å². The molecule has 1 aromatic heterocycles. The van der Waals surface area contributed by atoms with Crippen LogP contribution in [0.2, 0.25) is 0 Å². The molecule has 2 N–H and O–H groups in total. The van der Waals surface area contributed by atoms with Crippen LogP contribution in [0.4, 0.5) is 0 Å². The van der Waals surface area contributed by atoms with E-state index in [4.69, 9.17) is 9.84 Å². The summed E-state index contributed by atoms with van der Waals surface area (Å²) in [5.41, 5.74) is 0.963. The lowest BCUT2D eigenvalue weighted by Crippen LogP contribution is -1.79. The van der Waals surface area contributed by atoms with Gasteiger partial charge in [0.15, 0.2) is 5.88 Å². The Kier molecular flexibility index (Phi) is 1.43. The Labute approximate surface area is 69.6 Å². The molecule has 62 valence electrons. The molecule has 0 aliphatic carbocycles. The molecule has 0 amide bonds. The first-order valence-electron chi connectivity index (χ1n) is 3.65. The highest BCUT2D eigenvalue weighted by Gasteiger charge is 1.99. The SMILES string of the molecule is COc1cc2cc(O)ccc2[nH]1. The molecular formula is C9H9NO2. The maximum atomic E-state index is 9.16. The Morgan fingerprint density at radius 1 is 1.33 bits per heavy atom. The second kappa shape index (κ2) is 2.44. The number of aromatic nitrogens is 1. The van der Waals surface area contributed by atoms with Gasteiger partial charge in [0.2, 0.25) is 0 Å². The number of hydrogen-bond donors (Lipinski definition) is 2. The summed E-state index contributed by atoms with van der Waals surface area (Å²) in [6.07, 6.45) is 0. The van der Waals surface area contributed by atoms with Crippen molar-refractivity contribution in [2.75, 3.05) is 7.11 Å². The van der Waals surface area contributed by atoms with Crippen molar-refractivity contribution in [3.8, 4) is 11.6 Å². The zero-order chi connectivity index (χ0) is 8.55. The molecule has 0 radical (unpaired) electrons. The molecule has 0 saturated heterocycles. The second-order valence-corrected chi connectivity index (χ2v) is 2.61. The molecule has 1 heterocycles. The average Bonchev–Trinajstić information content (AvgIpc) is 2.46. The Morgan fingerprint density at radius 2 is 2.17 bits per heavy atom. The third-order valence-electron chi connectivity index (χ3n) is 1.80. The lowest BCUT2D eigenvalue weighted by Gasteiger charge is -1.90. The summed E-state index contributed by atoms with van der Waals surface area (Å²) in [6, 6.07) is 6.98. The van der Waals surface area contributed by atoms with E-state index in [9.17, 15) is 0 Å². The largest absolute Gasteiger partial charge is 0.508 e. The highest BCUT2D eigenvalue weighted by Crippen LogP contribution is 2.23. The van der Waals surface area contributed by atoms with Gasteiger partial charge in [-0.2, -0.15) is 0 Å². The van der Waals surface area contributed by atoms with E-state index in [2.05, 4.69) is 4.98 Å². The summed E-state index contributed by atoms with van der Waals surface area (Å²) in [6.45, 7) is 0. The number of nitrogens with one attached hydrogen (secondary N) is 1. The van der Waals surface area contributed by atoms with Crippen molar-refractivity contribution in [2.45, 2.75) is 0 Å². The van der Waals surface area contributed by atoms with Crippen LogP contribution in [-0.2, 0) is 0 Å². The minimum absolute atomic E-state index is 0.268. The van der Waals surface area contributed by atoms with E-state index in [0.717, 1.165) is 10.9 Å². The van der Waals surface area contributed by atoms with E-state index >= 15 is 0 Å². The summed E-state index contributed by atoms with van der Waals surface area (Å²) < 4.78 is 5.00. The molecule has 3 heteroatoms. The molecule has 0 unspecified atom stereocenters. The number of H-pyrrole nitrogens is 1. The normalized spacial score (nSPS) is 10.4. The molecule has 2 rings (SSSR count). The van der Waals surface area contributed by atoms with Crippen LogP contribution in [0.15, 0.2) is 24.3 Å². The fraction of sp³-hybridized carbons (Fsp3) is 0.111. The third kappa shape index (κ3) is 0.993. The van der Waals surface area contributed by atoms with Crippen LogP contribution in [0.25, 0.3) is 10.9 Å². The third-order valence-corrected chi connectivity index (χ3v) is 1.80. The number of phenolic OH excluding ortho intramolecular Hbond substituents is 1. The van der Waals surface area contributed by atoms with Gasteiger partial charge >= 0.3 is 0 Å². The Hall–Kier alpha value is -1.64. The van der Waals surface area contributed by atoms with Gasteiger partial charge in [-0.1, -0.05) is 0 Å². The predicted octanol–water partition coefficient (Wildman–Crippen LogP) is 1.88. The van der Waals surface area contributed by atoms with E-state index in [-0.39, 0.29) is 5.75 Å². The number of aromatic amines is 1. The number of phenols is 1. The van der Waals surface area contributed by atoms with Crippen molar-refractivity contribution in [3.05, 3.63) is 24.3 Å². The van der Waals surface area contributed by atoms with Crippen molar-refractivity contribution in [3.63, 3.8) is 0 Å². The van der Waals surface area contributed by atoms with E-state index in [1.807, 2.05) is 12.1 Å². The summed E-state index contributed by atoms with van der Waals surface area (Å²) in [4.78, 5) is 3.04. The van der Waals surface area contributed by atoms with Gasteiger partial charge in [-0.05, 0) is 18.2 Å². The highest BCUT2D eigenvalue weighted by molar-refractivity contribution is 5.82. The number of aromatic hydroxyl groups is 1. The maximum absolute atomic E-state index is 9.16. The van der Waals surface area contributed by atoms with E-state index in [0.29, 0.717) is 5.88 Å². The Bertz CT molecular complexity index is 406. The molecular weight excluding hydrogens is 154 g/mol. The molecule has 3 nitrogen and oxygen atoms in total. The number of methoxy groups -OCH3 is 1. The monoisotopic (exact) mass is 163 g/mol. The fourth-order valence-electron chi connectivity index (χ4n) is 1.20. The molecule has 0 aliphatic heterocycles. The lowest BCUT2D eigenvalue weighted by atomic mass is 10.2. The van der Waals surface area contributed by atoms with E-state index < -0.39 is 0 Å². The number of benzene rings is 1. The van der Waals surface area contributed by atoms with Crippen LogP contribution >= 0.6 is 0 Å². The van der Waals surface area contributed by atoms with Crippen molar-refractivity contribution < 1.29 is 9.84 Å². The van der Waals surface area contributed by atoms with Gasteiger partial charge in [0.05, 0.1) is 7.11 Å². The molecule has 0 saturated carbocycles. The topological polar surface area (TPSA) is 45.2 Å². The minimum Gasteiger partial charge on any atom is -0.508 e. The van der Waals surface area contributed by atoms with Gasteiger partial charge in [-0.25, -0.2) is 0 Å². The standard InChI is InChI=1S/C9H9NO2/c1-12-9-5-6-4-7(11)2-3-8(6)10-9/h2-5,10-11H,1H3. The number of hydrogen-bond acceptors (Lipinski definition) is 2. The molecule has 0 aliphatic rings. The molecule has 0 bridgehead atoms. The molecule has 1 aromatic carbocycles. The van der Waals surface area contributed by atoms with Gasteiger partial charge in [-0.15, -0.1) is 0 Å². The first-order chi connectivity index (χ1) is 5.79. The molecule has 2 aromatic rings. The van der Waals surface area contributed by atoms with Crippen molar-refractivity contribution in [1.82, 2.24) is 4.98 Å². The van der Waals surface area contributed by atoms with Gasteiger partial charge in [-0.3, -0.25) is 0 Å². The predicted molar refractivity (Wildman–Crippen MR) is 46.5 cm³/mol. The zero-order valence-electron chi connectivity index (χ0n) is 6.66. The molecule has 0 atom stereocenters. The second-order valence-electron chi connectivity index (χ2n) is 2.61. The number of rotatable bonds is 1. The van der Waals surface area contributed by atoms with Crippen LogP contribution in [0.1, 0.15) is 0 Å². The van der Waals surface area contributed by atoms with E-state index in [1.165, 1.54) is 0 Å². The quantitative estimate of drug-likeness (QED) is 0.674. The van der Waals surface area contributed by atoms with Crippen LogP contribution < -0.4 is 4.74 Å². The van der Waals surface area contributed by atoms with Crippen molar-refractivity contribution in [1.29, 1.82) is 0 Å². The maximum Gasteiger partial charge on any atom is 0.191 e. The first-order valence-corrected chi connectivity index (χ1v) is 3.65. The molecule has 12 heavy (non-hydrogen) atoms. The van der Waals surface area contributed by atoms with Crippen molar-refractivity contribution >= 4 is 10.9 Å². The van der Waals surface area contributed by atoms with Gasteiger partial charge in [0.25, 0.3) is 0 Å². The van der Waals surface area contributed by atoms with Gasteiger partial charge in [0.1, 0.15) is 5.75 Å². The first kappa shape index (κ1) is 7.03. The lowest BCUT2D eigenvalue weighted by molar-refractivity contribution is 0.401. The van der Waals surface area contributed by atoms with Crippen LogP contribution in [0, 0.1) is 0 Å². The highest BCUT2D eigenvalue weighted by atomic mass is 16.5. The van der Waals surface area contributed by atoms with Crippen LogP contribution in [-0.4, -0.2) is 17.2 Å². The fourth-order valence-corrected chi connectivity index (χ4v) is 1.20. The number of fused-ring (bicyclic) bond motifs is 1.